The Labute approximate surface area is 199 Å². The Hall–Kier alpha value is -3.67. The van der Waals surface area contributed by atoms with Crippen LogP contribution in [-0.2, 0) is 30.1 Å². The predicted octanol–water partition coefficient (Wildman–Crippen LogP) is 5.83. The molecule has 3 rings (SSSR count). The van der Waals surface area contributed by atoms with E-state index in [1.165, 1.54) is 12.3 Å². The summed E-state index contributed by atoms with van der Waals surface area (Å²) in [5.41, 5.74) is -2.24. The van der Waals surface area contributed by atoms with Crippen molar-refractivity contribution in [2.45, 2.75) is 25.3 Å². The molecule has 0 aliphatic rings. The maximum Gasteiger partial charge on any atom is 0.416 e. The molecule has 3 aromatic rings. The van der Waals surface area contributed by atoms with Gasteiger partial charge in [0, 0.05) is 29.6 Å². The van der Waals surface area contributed by atoms with Gasteiger partial charge in [-0.2, -0.15) is 26.3 Å². The summed E-state index contributed by atoms with van der Waals surface area (Å²) in [7, 11) is 0. The first-order valence-electron chi connectivity index (χ1n) is 9.89. The Kier molecular flexibility index (Phi) is 7.64. The van der Waals surface area contributed by atoms with Gasteiger partial charge in [0.1, 0.15) is 0 Å². The van der Waals surface area contributed by atoms with E-state index in [2.05, 4.69) is 22.2 Å². The van der Waals surface area contributed by atoms with Gasteiger partial charge in [0.15, 0.2) is 5.13 Å². The number of rotatable bonds is 7. The molecule has 2 aromatic carbocycles. The van der Waals surface area contributed by atoms with Gasteiger partial charge < -0.3 is 5.32 Å². The minimum Gasteiger partial charge on any atom is -0.348 e. The lowest BCUT2D eigenvalue weighted by Gasteiger charge is -2.13. The van der Waals surface area contributed by atoms with Crippen molar-refractivity contribution in [2.75, 3.05) is 5.32 Å². The lowest BCUT2D eigenvalue weighted by Crippen LogP contribution is -2.22. The molecule has 5 nitrogen and oxygen atoms in total. The molecule has 0 radical (unpaired) electrons. The van der Waals surface area contributed by atoms with Gasteiger partial charge in [0.05, 0.1) is 11.1 Å². The van der Waals surface area contributed by atoms with Crippen LogP contribution in [0.1, 0.15) is 37.5 Å². The van der Waals surface area contributed by atoms with E-state index >= 15 is 0 Å². The Bertz CT molecular complexity index is 1220. The molecule has 184 valence electrons. The number of aromatic nitrogens is 1. The van der Waals surface area contributed by atoms with Gasteiger partial charge in [-0.3, -0.25) is 14.9 Å². The zero-order valence-electron chi connectivity index (χ0n) is 17.8. The maximum atomic E-state index is 13.1. The number of thiazole rings is 1. The maximum absolute atomic E-state index is 13.1. The van der Waals surface area contributed by atoms with Crippen LogP contribution in [0, 0.1) is 0 Å². The monoisotopic (exact) mass is 513 g/mol. The van der Waals surface area contributed by atoms with Gasteiger partial charge in [-0.15, -0.1) is 11.3 Å². The van der Waals surface area contributed by atoms with Crippen LogP contribution in [0.4, 0.5) is 31.5 Å². The first-order chi connectivity index (χ1) is 16.4. The van der Waals surface area contributed by atoms with Crippen molar-refractivity contribution >= 4 is 28.3 Å². The zero-order valence-corrected chi connectivity index (χ0v) is 18.6. The van der Waals surface area contributed by atoms with Gasteiger partial charge in [0.25, 0.3) is 5.91 Å². The third-order valence-corrected chi connectivity index (χ3v) is 5.61. The summed E-state index contributed by atoms with van der Waals surface area (Å²) in [5.74, 6) is -0.971. The fourth-order valence-electron chi connectivity index (χ4n) is 3.08. The van der Waals surface area contributed by atoms with E-state index in [1.54, 1.807) is 18.2 Å². The third-order valence-electron chi connectivity index (χ3n) is 4.70. The molecule has 0 fully saturated rings. The molecule has 2 N–H and O–H groups in total. The third kappa shape index (κ3) is 6.92. The molecule has 1 aromatic heterocycles. The molecule has 35 heavy (non-hydrogen) atoms. The van der Waals surface area contributed by atoms with Gasteiger partial charge in [-0.1, -0.05) is 24.8 Å². The van der Waals surface area contributed by atoms with Gasteiger partial charge in [0.2, 0.25) is 5.91 Å². The lowest BCUT2D eigenvalue weighted by molar-refractivity contribution is -0.143. The highest BCUT2D eigenvalue weighted by molar-refractivity contribution is 7.15. The molecule has 0 bridgehead atoms. The van der Waals surface area contributed by atoms with Crippen LogP contribution in [0.3, 0.4) is 0 Å². The second-order valence-corrected chi connectivity index (χ2v) is 8.37. The highest BCUT2D eigenvalue weighted by Crippen LogP contribution is 2.37. The second-order valence-electron chi connectivity index (χ2n) is 7.26. The molecule has 2 amide bonds. The molecule has 0 saturated carbocycles. The fraction of sp³-hybridized carbons (Fsp3) is 0.174. The highest BCUT2D eigenvalue weighted by atomic mass is 32.1. The number of nitrogens with one attached hydrogen (secondary N) is 2. The van der Waals surface area contributed by atoms with Gasteiger partial charge >= 0.3 is 12.4 Å². The van der Waals surface area contributed by atoms with Crippen molar-refractivity contribution in [1.82, 2.24) is 10.3 Å². The summed E-state index contributed by atoms with van der Waals surface area (Å²) in [6, 6.07) is 7.83. The van der Waals surface area contributed by atoms with Crippen LogP contribution in [0.5, 0.6) is 0 Å². The summed E-state index contributed by atoms with van der Waals surface area (Å²) >= 11 is 0.917. The summed E-state index contributed by atoms with van der Waals surface area (Å²) in [4.78, 5) is 28.4. The zero-order chi connectivity index (χ0) is 25.8. The van der Waals surface area contributed by atoms with E-state index in [9.17, 15) is 35.9 Å². The molecule has 0 aliphatic carbocycles. The number of alkyl halides is 6. The quantitative estimate of drug-likeness (QED) is 0.309. The smallest absolute Gasteiger partial charge is 0.348 e. The SMILES string of the molecule is C=CC(=O)NCc1ccccc1C(=O)Nc1ncc(Cc2cc(C(F)(F)F)cc(C(F)(F)F)c2)s1. The molecule has 0 unspecified atom stereocenters. The predicted molar refractivity (Wildman–Crippen MR) is 118 cm³/mol. The van der Waals surface area contributed by atoms with Crippen LogP contribution in [0.15, 0.2) is 61.3 Å². The van der Waals surface area contributed by atoms with E-state index in [-0.39, 0.29) is 35.3 Å². The van der Waals surface area contributed by atoms with E-state index in [1.807, 2.05) is 0 Å². The summed E-state index contributed by atoms with van der Waals surface area (Å²) < 4.78 is 78.5. The Balaban J connectivity index is 1.77. The minimum absolute atomic E-state index is 0.0641. The second kappa shape index (κ2) is 10.3. The number of nitrogens with zero attached hydrogens (tertiary/aromatic N) is 1. The molecule has 1 heterocycles. The topological polar surface area (TPSA) is 71.1 Å². The summed E-state index contributed by atoms with van der Waals surface area (Å²) in [6.45, 7) is 3.41. The summed E-state index contributed by atoms with van der Waals surface area (Å²) in [6.07, 6.45) is -7.78. The van der Waals surface area contributed by atoms with Crippen LogP contribution >= 0.6 is 11.3 Å². The van der Waals surface area contributed by atoms with E-state index in [4.69, 9.17) is 0 Å². The number of anilines is 1. The fourth-order valence-corrected chi connectivity index (χ4v) is 3.93. The number of benzene rings is 2. The van der Waals surface area contributed by atoms with Crippen LogP contribution in [0.25, 0.3) is 0 Å². The normalized spacial score (nSPS) is 11.7. The molecular formula is C23H17F6N3O2S. The molecule has 0 atom stereocenters. The van der Waals surface area contributed by atoms with Crippen molar-refractivity contribution in [3.63, 3.8) is 0 Å². The first-order valence-corrected chi connectivity index (χ1v) is 10.7. The highest BCUT2D eigenvalue weighted by Gasteiger charge is 2.36. The Morgan fingerprint density at radius 3 is 2.23 bits per heavy atom. The van der Waals surface area contributed by atoms with E-state index < -0.39 is 35.3 Å². The average Bonchev–Trinajstić information content (AvgIpc) is 3.22. The number of carbonyl (C=O) groups is 2. The van der Waals surface area contributed by atoms with Gasteiger partial charge in [-0.25, -0.2) is 4.98 Å². The average molecular weight is 513 g/mol. The van der Waals surface area contributed by atoms with Crippen molar-refractivity contribution in [2.24, 2.45) is 0 Å². The molecule has 0 saturated heterocycles. The van der Waals surface area contributed by atoms with Gasteiger partial charge in [-0.05, 0) is 41.5 Å². The van der Waals surface area contributed by atoms with E-state index in [0.717, 1.165) is 17.4 Å². The first kappa shape index (κ1) is 25.9. The van der Waals surface area contributed by atoms with Crippen molar-refractivity contribution in [3.8, 4) is 0 Å². The molecule has 12 heteroatoms. The lowest BCUT2D eigenvalue weighted by atomic mass is 10.0. The number of amides is 2. The minimum atomic E-state index is -4.94. The van der Waals surface area contributed by atoms with Crippen molar-refractivity contribution < 1.29 is 35.9 Å². The van der Waals surface area contributed by atoms with Crippen LogP contribution in [0.2, 0.25) is 0 Å². The summed E-state index contributed by atoms with van der Waals surface area (Å²) in [5, 5.41) is 5.22. The number of hydrogen-bond acceptors (Lipinski definition) is 4. The number of hydrogen-bond donors (Lipinski definition) is 2. The molecular weight excluding hydrogens is 496 g/mol. The van der Waals surface area contributed by atoms with Crippen molar-refractivity contribution in [3.05, 3.63) is 94.0 Å². The molecule has 0 aliphatic heterocycles. The Morgan fingerprint density at radius 2 is 1.63 bits per heavy atom. The number of halogens is 6. The standard InChI is InChI=1S/C23H17F6N3O2S/c1-2-19(33)30-11-14-5-3-4-6-18(14)20(34)32-21-31-12-17(35-21)9-13-7-15(22(24,25)26)10-16(8-13)23(27,28)29/h2-8,10,12H,1,9,11H2,(H,30,33)(H,31,32,34). The largest absolute Gasteiger partial charge is 0.416 e. The van der Waals surface area contributed by atoms with Crippen LogP contribution < -0.4 is 10.6 Å². The molecule has 0 spiro atoms. The van der Waals surface area contributed by atoms with Crippen molar-refractivity contribution in [1.29, 1.82) is 0 Å². The Morgan fingerprint density at radius 1 is 1.00 bits per heavy atom. The van der Waals surface area contributed by atoms with E-state index in [0.29, 0.717) is 22.6 Å². The number of carbonyl (C=O) groups excluding carboxylic acids is 2. The van der Waals surface area contributed by atoms with Crippen LogP contribution in [-0.4, -0.2) is 16.8 Å².